The predicted octanol–water partition coefficient (Wildman–Crippen LogP) is 8.91. The van der Waals surface area contributed by atoms with E-state index >= 15 is 0 Å². The van der Waals surface area contributed by atoms with E-state index in [2.05, 4.69) is 57.4 Å². The number of hydrogen-bond donors (Lipinski definition) is 0. The molecule has 0 saturated heterocycles. The number of carbonyl (C=O) groups is 1. The van der Waals surface area contributed by atoms with Crippen molar-refractivity contribution in [3.05, 3.63) is 65.7 Å². The van der Waals surface area contributed by atoms with Crippen LogP contribution in [0.3, 0.4) is 0 Å². The molecule has 0 N–H and O–H groups in total. The highest BCUT2D eigenvalue weighted by atomic mass is 16.5. The molecule has 0 radical (unpaired) electrons. The second-order valence-corrected chi connectivity index (χ2v) is 11.8. The predicted molar refractivity (Wildman–Crippen MR) is 164 cm³/mol. The minimum absolute atomic E-state index is 0.134. The number of carbonyl (C=O) groups excluding carboxylic acids is 1. The van der Waals surface area contributed by atoms with E-state index in [9.17, 15) is 4.79 Å². The van der Waals surface area contributed by atoms with Crippen LogP contribution in [-0.2, 0) is 22.5 Å². The summed E-state index contributed by atoms with van der Waals surface area (Å²) in [6.45, 7) is 6.11. The molecule has 2 aromatic rings. The quantitative estimate of drug-likeness (QED) is 0.0853. The zero-order valence-electron chi connectivity index (χ0n) is 25.5. The lowest BCUT2D eigenvalue weighted by molar-refractivity contribution is -0.917. The van der Waals surface area contributed by atoms with Crippen LogP contribution >= 0.6 is 0 Å². The Bertz CT molecular complexity index is 879. The van der Waals surface area contributed by atoms with Gasteiger partial charge in [-0.25, -0.2) is 4.79 Å². The van der Waals surface area contributed by atoms with Crippen molar-refractivity contribution >= 4 is 5.97 Å². The second kappa shape index (κ2) is 19.7. The van der Waals surface area contributed by atoms with Crippen molar-refractivity contribution in [3.63, 3.8) is 0 Å². The van der Waals surface area contributed by atoms with Gasteiger partial charge >= 0.3 is 5.97 Å². The van der Waals surface area contributed by atoms with Gasteiger partial charge in [0.15, 0.2) is 6.04 Å². The average molecular weight is 539 g/mol. The van der Waals surface area contributed by atoms with Gasteiger partial charge in [0.1, 0.15) is 12.3 Å². The van der Waals surface area contributed by atoms with E-state index < -0.39 is 0 Å². The lowest BCUT2D eigenvalue weighted by atomic mass is 10.0. The Morgan fingerprint density at radius 3 is 1.87 bits per heavy atom. The third kappa shape index (κ3) is 14.6. The molecular weight excluding hydrogens is 482 g/mol. The number of rotatable bonds is 22. The summed E-state index contributed by atoms with van der Waals surface area (Å²) in [5, 5.41) is 0. The summed E-state index contributed by atoms with van der Waals surface area (Å²) in [4.78, 5) is 12.6. The zero-order valence-corrected chi connectivity index (χ0v) is 25.5. The van der Waals surface area contributed by atoms with Crippen LogP contribution in [0.5, 0.6) is 5.75 Å². The minimum Gasteiger partial charge on any atom is -0.494 e. The standard InChI is InChI=1S/C35H56NO3/c1-5-6-7-8-9-10-11-12-13-14-16-21-32-24-26-34(27-25-32)38-28-19-20-29-39-35(37)31(2)36(3,4)30-33-22-17-15-18-23-33/h15,17-18,22-27,31H,5-14,16,19-21,28-30H2,1-4H3/q+1. The van der Waals surface area contributed by atoms with Crippen molar-refractivity contribution in [2.24, 2.45) is 0 Å². The van der Waals surface area contributed by atoms with E-state index in [-0.39, 0.29) is 12.0 Å². The van der Waals surface area contributed by atoms with E-state index in [4.69, 9.17) is 9.47 Å². The number of ether oxygens (including phenoxy) is 2. The molecule has 1 atom stereocenters. The first-order valence-electron chi connectivity index (χ1n) is 15.7. The van der Waals surface area contributed by atoms with Crippen molar-refractivity contribution in [2.75, 3.05) is 27.3 Å². The molecule has 2 rings (SSSR count). The van der Waals surface area contributed by atoms with Crippen LogP contribution in [0.2, 0.25) is 0 Å². The summed E-state index contributed by atoms with van der Waals surface area (Å²) >= 11 is 0. The van der Waals surface area contributed by atoms with E-state index in [1.807, 2.05) is 25.1 Å². The normalized spacial score (nSPS) is 12.3. The molecule has 0 aromatic heterocycles. The van der Waals surface area contributed by atoms with Gasteiger partial charge < -0.3 is 14.0 Å². The van der Waals surface area contributed by atoms with Crippen LogP contribution in [0.15, 0.2) is 54.6 Å². The molecule has 4 heteroatoms. The van der Waals surface area contributed by atoms with Gasteiger partial charge in [0.05, 0.1) is 27.3 Å². The maximum absolute atomic E-state index is 12.6. The maximum Gasteiger partial charge on any atom is 0.364 e. The number of unbranched alkanes of at least 4 members (excludes halogenated alkanes) is 11. The first-order chi connectivity index (χ1) is 18.9. The number of quaternary nitrogens is 1. The van der Waals surface area contributed by atoms with Crippen molar-refractivity contribution < 1.29 is 18.8 Å². The van der Waals surface area contributed by atoms with Crippen LogP contribution in [-0.4, -0.2) is 43.8 Å². The Morgan fingerprint density at radius 1 is 0.692 bits per heavy atom. The molecule has 0 spiro atoms. The van der Waals surface area contributed by atoms with E-state index in [0.29, 0.717) is 17.7 Å². The molecule has 0 aliphatic heterocycles. The lowest BCUT2D eigenvalue weighted by Gasteiger charge is -2.34. The molecule has 1 unspecified atom stereocenters. The van der Waals surface area contributed by atoms with E-state index in [0.717, 1.165) is 31.6 Å². The van der Waals surface area contributed by atoms with Crippen molar-refractivity contribution in [2.45, 2.75) is 116 Å². The van der Waals surface area contributed by atoms with Gasteiger partial charge in [-0.15, -0.1) is 0 Å². The van der Waals surface area contributed by atoms with Crippen molar-refractivity contribution in [1.82, 2.24) is 0 Å². The summed E-state index contributed by atoms with van der Waals surface area (Å²) in [5.74, 6) is 0.786. The number of likely N-dealkylation sites (N-methyl/N-ethyl adjacent to an activating group) is 1. The highest BCUT2D eigenvalue weighted by Gasteiger charge is 2.32. The third-order valence-corrected chi connectivity index (χ3v) is 7.87. The fourth-order valence-electron chi connectivity index (χ4n) is 4.91. The Labute approximate surface area is 239 Å². The molecule has 39 heavy (non-hydrogen) atoms. The summed E-state index contributed by atoms with van der Waals surface area (Å²) < 4.78 is 12.1. The Morgan fingerprint density at radius 2 is 1.26 bits per heavy atom. The topological polar surface area (TPSA) is 35.5 Å². The first kappa shape index (κ1) is 32.9. The van der Waals surface area contributed by atoms with Crippen molar-refractivity contribution in [3.8, 4) is 5.75 Å². The molecule has 4 nitrogen and oxygen atoms in total. The summed E-state index contributed by atoms with van der Waals surface area (Å²) in [7, 11) is 4.16. The Balaban J connectivity index is 1.49. The first-order valence-corrected chi connectivity index (χ1v) is 15.7. The average Bonchev–Trinajstić information content (AvgIpc) is 2.94. The molecule has 0 heterocycles. The minimum atomic E-state index is -0.218. The van der Waals surface area contributed by atoms with Gasteiger partial charge in [0.25, 0.3) is 0 Å². The Kier molecular flexibility index (Phi) is 16.6. The number of hydrogen-bond acceptors (Lipinski definition) is 3. The molecule has 0 aliphatic rings. The molecular formula is C35H56NO3+. The fourth-order valence-corrected chi connectivity index (χ4v) is 4.91. The molecule has 0 fully saturated rings. The van der Waals surface area contributed by atoms with Gasteiger partial charge in [-0.1, -0.05) is 114 Å². The fraction of sp³-hybridized carbons (Fsp3) is 0.629. The van der Waals surface area contributed by atoms with Crippen LogP contribution in [0.4, 0.5) is 0 Å². The molecule has 0 amide bonds. The zero-order chi connectivity index (χ0) is 28.2. The van der Waals surface area contributed by atoms with Crippen LogP contribution in [0, 0.1) is 0 Å². The highest BCUT2D eigenvalue weighted by Crippen LogP contribution is 2.17. The monoisotopic (exact) mass is 538 g/mol. The molecule has 2 aromatic carbocycles. The summed E-state index contributed by atoms with van der Waals surface area (Å²) in [6.07, 6.45) is 18.0. The molecule has 0 bridgehead atoms. The summed E-state index contributed by atoms with van der Waals surface area (Å²) in [5.41, 5.74) is 2.62. The van der Waals surface area contributed by atoms with E-state index in [1.54, 1.807) is 0 Å². The molecule has 0 aliphatic carbocycles. The largest absolute Gasteiger partial charge is 0.494 e. The van der Waals surface area contributed by atoms with Crippen LogP contribution < -0.4 is 4.74 Å². The van der Waals surface area contributed by atoms with Gasteiger partial charge in [-0.2, -0.15) is 0 Å². The number of aryl methyl sites for hydroxylation is 1. The molecule has 0 saturated carbocycles. The van der Waals surface area contributed by atoms with Crippen molar-refractivity contribution in [1.29, 1.82) is 0 Å². The second-order valence-electron chi connectivity index (χ2n) is 11.8. The van der Waals surface area contributed by atoms with E-state index in [1.165, 1.54) is 81.8 Å². The van der Waals surface area contributed by atoms with Gasteiger partial charge in [0.2, 0.25) is 0 Å². The highest BCUT2D eigenvalue weighted by molar-refractivity contribution is 5.74. The number of benzene rings is 2. The third-order valence-electron chi connectivity index (χ3n) is 7.87. The van der Waals surface area contributed by atoms with Crippen LogP contribution in [0.25, 0.3) is 0 Å². The maximum atomic E-state index is 12.6. The summed E-state index contributed by atoms with van der Waals surface area (Å²) in [6, 6.07) is 18.6. The number of nitrogens with zero attached hydrogens (tertiary/aromatic N) is 1. The lowest BCUT2D eigenvalue weighted by Crippen LogP contribution is -2.51. The smallest absolute Gasteiger partial charge is 0.364 e. The number of esters is 1. The SMILES string of the molecule is CCCCCCCCCCCCCc1ccc(OCCCCOC(=O)C(C)[N+](C)(C)Cc2ccccc2)cc1. The van der Waals surface area contributed by atoms with Gasteiger partial charge in [-0.05, 0) is 50.3 Å². The van der Waals surface area contributed by atoms with Gasteiger partial charge in [-0.3, -0.25) is 0 Å². The van der Waals surface area contributed by atoms with Crippen LogP contribution in [0.1, 0.15) is 108 Å². The molecule has 218 valence electrons. The van der Waals surface area contributed by atoms with Gasteiger partial charge in [0, 0.05) is 5.56 Å². The Hall–Kier alpha value is -2.33.